The largest absolute Gasteiger partial charge is 0.383 e. The Labute approximate surface area is 98.9 Å². The number of rotatable bonds is 3. The summed E-state index contributed by atoms with van der Waals surface area (Å²) in [6.07, 6.45) is 3.69. The van der Waals surface area contributed by atoms with Crippen LogP contribution in [0.15, 0.2) is 6.20 Å². The van der Waals surface area contributed by atoms with Crippen LogP contribution >= 0.6 is 11.6 Å². The lowest BCUT2D eigenvalue weighted by molar-refractivity contribution is -0.0390. The maximum absolute atomic E-state index is 5.71. The molecule has 1 aliphatic heterocycles. The summed E-state index contributed by atoms with van der Waals surface area (Å²) < 4.78 is 11.0. The van der Waals surface area contributed by atoms with Gasteiger partial charge in [0.2, 0.25) is 5.28 Å². The second kappa shape index (κ2) is 5.43. The SMILES string of the molecule is Nc1nc(Cl)ncc1COC1CCOCC1. The van der Waals surface area contributed by atoms with Gasteiger partial charge in [-0.1, -0.05) is 0 Å². The van der Waals surface area contributed by atoms with E-state index >= 15 is 0 Å². The number of hydrogen-bond donors (Lipinski definition) is 1. The Kier molecular flexibility index (Phi) is 3.93. The van der Waals surface area contributed by atoms with Crippen LogP contribution in [0.25, 0.3) is 0 Å². The molecule has 0 amide bonds. The highest BCUT2D eigenvalue weighted by Crippen LogP contribution is 2.16. The van der Waals surface area contributed by atoms with Gasteiger partial charge in [0.15, 0.2) is 0 Å². The van der Waals surface area contributed by atoms with Crippen molar-refractivity contribution in [1.29, 1.82) is 0 Å². The normalized spacial score (nSPS) is 17.6. The van der Waals surface area contributed by atoms with Crippen LogP contribution in [-0.2, 0) is 16.1 Å². The number of nitrogens with two attached hydrogens (primary N) is 1. The van der Waals surface area contributed by atoms with Crippen LogP contribution in [0.2, 0.25) is 5.28 Å². The second-order valence-corrected chi connectivity index (χ2v) is 4.01. The van der Waals surface area contributed by atoms with E-state index in [0.717, 1.165) is 31.6 Å². The van der Waals surface area contributed by atoms with E-state index in [9.17, 15) is 0 Å². The van der Waals surface area contributed by atoms with Crippen molar-refractivity contribution in [3.05, 3.63) is 17.0 Å². The minimum absolute atomic E-state index is 0.160. The molecule has 5 nitrogen and oxygen atoms in total. The van der Waals surface area contributed by atoms with Crippen LogP contribution in [-0.4, -0.2) is 29.3 Å². The van der Waals surface area contributed by atoms with Crippen LogP contribution in [0.5, 0.6) is 0 Å². The monoisotopic (exact) mass is 243 g/mol. The zero-order chi connectivity index (χ0) is 11.4. The molecular formula is C10H14ClN3O2. The fourth-order valence-electron chi connectivity index (χ4n) is 1.56. The maximum atomic E-state index is 5.71. The lowest BCUT2D eigenvalue weighted by Gasteiger charge is -2.22. The number of halogens is 1. The maximum Gasteiger partial charge on any atom is 0.224 e. The number of aromatic nitrogens is 2. The quantitative estimate of drug-likeness (QED) is 0.813. The van der Waals surface area contributed by atoms with Gasteiger partial charge in [0.1, 0.15) is 5.82 Å². The molecule has 0 radical (unpaired) electrons. The summed E-state index contributed by atoms with van der Waals surface area (Å²) in [5, 5.41) is 0.160. The summed E-state index contributed by atoms with van der Waals surface area (Å²) in [6.45, 7) is 1.95. The summed E-state index contributed by atoms with van der Waals surface area (Å²) in [7, 11) is 0. The number of ether oxygens (including phenoxy) is 2. The molecule has 16 heavy (non-hydrogen) atoms. The van der Waals surface area contributed by atoms with Gasteiger partial charge in [-0.2, -0.15) is 0 Å². The standard InChI is InChI=1S/C10H14ClN3O2/c11-10-13-5-7(9(12)14-10)6-16-8-1-3-15-4-2-8/h5,8H,1-4,6H2,(H2,12,13,14). The Morgan fingerprint density at radius 2 is 2.25 bits per heavy atom. The van der Waals surface area contributed by atoms with E-state index < -0.39 is 0 Å². The van der Waals surface area contributed by atoms with E-state index in [2.05, 4.69) is 9.97 Å². The zero-order valence-corrected chi connectivity index (χ0v) is 9.61. The van der Waals surface area contributed by atoms with Crippen molar-refractivity contribution in [3.8, 4) is 0 Å². The molecule has 2 N–H and O–H groups in total. The molecular weight excluding hydrogens is 230 g/mol. The molecule has 1 saturated heterocycles. The van der Waals surface area contributed by atoms with E-state index in [0.29, 0.717) is 12.4 Å². The first-order valence-corrected chi connectivity index (χ1v) is 5.60. The zero-order valence-electron chi connectivity index (χ0n) is 8.86. The highest BCUT2D eigenvalue weighted by Gasteiger charge is 2.14. The molecule has 0 bridgehead atoms. The number of anilines is 1. The first kappa shape index (κ1) is 11.6. The van der Waals surface area contributed by atoms with Crippen molar-refractivity contribution in [2.75, 3.05) is 18.9 Å². The van der Waals surface area contributed by atoms with E-state index in [1.54, 1.807) is 6.20 Å². The van der Waals surface area contributed by atoms with Crippen molar-refractivity contribution < 1.29 is 9.47 Å². The summed E-state index contributed by atoms with van der Waals surface area (Å²) in [6, 6.07) is 0. The van der Waals surface area contributed by atoms with Crippen molar-refractivity contribution in [1.82, 2.24) is 9.97 Å². The number of hydrogen-bond acceptors (Lipinski definition) is 5. The van der Waals surface area contributed by atoms with Gasteiger partial charge in [0.05, 0.1) is 12.7 Å². The molecule has 0 atom stereocenters. The van der Waals surface area contributed by atoms with Crippen molar-refractivity contribution in [3.63, 3.8) is 0 Å². The third kappa shape index (κ3) is 3.04. The van der Waals surface area contributed by atoms with Gasteiger partial charge in [-0.15, -0.1) is 0 Å². The van der Waals surface area contributed by atoms with Crippen LogP contribution < -0.4 is 5.73 Å². The average Bonchev–Trinajstić information content (AvgIpc) is 2.29. The van der Waals surface area contributed by atoms with Crippen LogP contribution in [0.1, 0.15) is 18.4 Å². The van der Waals surface area contributed by atoms with Crippen molar-refractivity contribution in [2.24, 2.45) is 0 Å². The van der Waals surface area contributed by atoms with Crippen molar-refractivity contribution in [2.45, 2.75) is 25.6 Å². The van der Waals surface area contributed by atoms with Gasteiger partial charge in [-0.05, 0) is 24.4 Å². The van der Waals surface area contributed by atoms with Gasteiger partial charge in [-0.25, -0.2) is 9.97 Å². The summed E-state index contributed by atoms with van der Waals surface area (Å²) in [5.41, 5.74) is 6.47. The third-order valence-electron chi connectivity index (χ3n) is 2.51. The van der Waals surface area contributed by atoms with E-state index in [4.69, 9.17) is 26.8 Å². The Hall–Kier alpha value is -0.910. The molecule has 0 spiro atoms. The predicted octanol–water partition coefficient (Wildman–Crippen LogP) is 1.41. The molecule has 0 aromatic carbocycles. The second-order valence-electron chi connectivity index (χ2n) is 3.67. The van der Waals surface area contributed by atoms with Gasteiger partial charge in [-0.3, -0.25) is 0 Å². The first-order valence-electron chi connectivity index (χ1n) is 5.22. The third-order valence-corrected chi connectivity index (χ3v) is 2.69. The fourth-order valence-corrected chi connectivity index (χ4v) is 1.70. The highest BCUT2D eigenvalue weighted by atomic mass is 35.5. The predicted molar refractivity (Wildman–Crippen MR) is 60.1 cm³/mol. The van der Waals surface area contributed by atoms with Gasteiger partial charge < -0.3 is 15.2 Å². The molecule has 1 aliphatic rings. The molecule has 6 heteroatoms. The molecule has 2 rings (SSSR count). The molecule has 1 fully saturated rings. The number of nitrogen functional groups attached to an aromatic ring is 1. The molecule has 88 valence electrons. The summed E-state index contributed by atoms with van der Waals surface area (Å²) in [5.74, 6) is 0.382. The van der Waals surface area contributed by atoms with Crippen LogP contribution in [0.3, 0.4) is 0 Å². The summed E-state index contributed by atoms with van der Waals surface area (Å²) in [4.78, 5) is 7.74. The highest BCUT2D eigenvalue weighted by molar-refractivity contribution is 6.28. The molecule has 1 aromatic heterocycles. The summed E-state index contributed by atoms with van der Waals surface area (Å²) >= 11 is 5.61. The Morgan fingerprint density at radius 3 is 2.94 bits per heavy atom. The van der Waals surface area contributed by atoms with Crippen LogP contribution in [0, 0.1) is 0 Å². The van der Waals surface area contributed by atoms with E-state index in [1.165, 1.54) is 0 Å². The Balaban J connectivity index is 1.88. The average molecular weight is 244 g/mol. The molecule has 2 heterocycles. The molecule has 1 aromatic rings. The molecule has 0 saturated carbocycles. The van der Waals surface area contributed by atoms with Gasteiger partial charge in [0, 0.05) is 25.0 Å². The smallest absolute Gasteiger partial charge is 0.224 e. The van der Waals surface area contributed by atoms with Gasteiger partial charge >= 0.3 is 0 Å². The molecule has 0 aliphatic carbocycles. The van der Waals surface area contributed by atoms with E-state index in [-0.39, 0.29) is 11.4 Å². The topological polar surface area (TPSA) is 70.3 Å². The van der Waals surface area contributed by atoms with E-state index in [1.807, 2.05) is 0 Å². The minimum atomic E-state index is 0.160. The minimum Gasteiger partial charge on any atom is -0.383 e. The molecule has 0 unspecified atom stereocenters. The first-order chi connectivity index (χ1) is 7.75. The lowest BCUT2D eigenvalue weighted by Crippen LogP contribution is -2.23. The van der Waals surface area contributed by atoms with Crippen molar-refractivity contribution >= 4 is 17.4 Å². The Bertz CT molecular complexity index is 356. The van der Waals surface area contributed by atoms with Gasteiger partial charge in [0.25, 0.3) is 0 Å². The fraction of sp³-hybridized carbons (Fsp3) is 0.600. The number of nitrogens with zero attached hydrogens (tertiary/aromatic N) is 2. The Morgan fingerprint density at radius 1 is 1.50 bits per heavy atom. The lowest BCUT2D eigenvalue weighted by atomic mass is 10.1. The van der Waals surface area contributed by atoms with Crippen LogP contribution in [0.4, 0.5) is 5.82 Å².